The molecule has 0 unspecified atom stereocenters. The standard InChI is InChI=1S/C12H12N4OS/c1-7-4-8(2)16(14-7)11(17)10-5-15-9(3)6-18-12(15)13-10/h4-6H,1-3H3. The van der Waals surface area contributed by atoms with E-state index in [2.05, 4.69) is 10.1 Å². The Kier molecular flexibility index (Phi) is 2.34. The molecule has 0 saturated heterocycles. The molecule has 0 aliphatic rings. The minimum Gasteiger partial charge on any atom is -0.294 e. The highest BCUT2D eigenvalue weighted by atomic mass is 32.1. The maximum atomic E-state index is 12.3. The first kappa shape index (κ1) is 11.2. The van der Waals surface area contributed by atoms with Gasteiger partial charge in [0.1, 0.15) is 0 Å². The Morgan fingerprint density at radius 3 is 2.67 bits per heavy atom. The van der Waals surface area contributed by atoms with Gasteiger partial charge in [0, 0.05) is 23.0 Å². The molecular formula is C12H12N4OS. The number of carbonyl (C=O) groups excluding carboxylic acids is 1. The van der Waals surface area contributed by atoms with Crippen LogP contribution in [0.25, 0.3) is 4.96 Å². The quantitative estimate of drug-likeness (QED) is 0.674. The molecule has 5 nitrogen and oxygen atoms in total. The second kappa shape index (κ2) is 3.78. The first-order chi connectivity index (χ1) is 8.56. The van der Waals surface area contributed by atoms with Gasteiger partial charge in [-0.05, 0) is 26.8 Å². The summed E-state index contributed by atoms with van der Waals surface area (Å²) in [6, 6.07) is 1.88. The number of thiazole rings is 1. The summed E-state index contributed by atoms with van der Waals surface area (Å²) in [6.07, 6.45) is 1.76. The van der Waals surface area contributed by atoms with Gasteiger partial charge in [-0.2, -0.15) is 9.78 Å². The fourth-order valence-electron chi connectivity index (χ4n) is 1.94. The number of hydrogen-bond acceptors (Lipinski definition) is 4. The predicted molar refractivity (Wildman–Crippen MR) is 69.2 cm³/mol. The third-order valence-electron chi connectivity index (χ3n) is 2.81. The average molecular weight is 260 g/mol. The lowest BCUT2D eigenvalue weighted by Crippen LogP contribution is -2.15. The highest BCUT2D eigenvalue weighted by Gasteiger charge is 2.17. The molecule has 0 bridgehead atoms. The van der Waals surface area contributed by atoms with Crippen molar-refractivity contribution in [2.45, 2.75) is 20.8 Å². The van der Waals surface area contributed by atoms with Crippen molar-refractivity contribution < 1.29 is 4.79 Å². The van der Waals surface area contributed by atoms with E-state index < -0.39 is 0 Å². The van der Waals surface area contributed by atoms with Crippen molar-refractivity contribution in [3.63, 3.8) is 0 Å². The third-order valence-corrected chi connectivity index (χ3v) is 3.77. The Morgan fingerprint density at radius 2 is 2.06 bits per heavy atom. The maximum absolute atomic E-state index is 12.3. The molecule has 0 atom stereocenters. The van der Waals surface area contributed by atoms with E-state index in [1.54, 1.807) is 6.20 Å². The summed E-state index contributed by atoms with van der Waals surface area (Å²) >= 11 is 1.53. The SMILES string of the molecule is Cc1cc(C)n(C(=O)c2cn3c(C)csc3n2)n1. The summed E-state index contributed by atoms with van der Waals surface area (Å²) in [4.78, 5) is 17.5. The Morgan fingerprint density at radius 1 is 1.28 bits per heavy atom. The van der Waals surface area contributed by atoms with E-state index in [0.29, 0.717) is 5.69 Å². The van der Waals surface area contributed by atoms with Gasteiger partial charge in [0.2, 0.25) is 0 Å². The van der Waals surface area contributed by atoms with Gasteiger partial charge < -0.3 is 0 Å². The van der Waals surface area contributed by atoms with Crippen LogP contribution < -0.4 is 0 Å². The maximum Gasteiger partial charge on any atom is 0.298 e. The summed E-state index contributed by atoms with van der Waals surface area (Å²) < 4.78 is 3.32. The Bertz CT molecular complexity index is 749. The molecule has 0 saturated carbocycles. The van der Waals surface area contributed by atoms with Crippen molar-refractivity contribution in [3.05, 3.63) is 40.4 Å². The number of rotatable bonds is 1. The Hall–Kier alpha value is -1.95. The van der Waals surface area contributed by atoms with Crippen LogP contribution >= 0.6 is 11.3 Å². The van der Waals surface area contributed by atoms with Crippen molar-refractivity contribution in [1.82, 2.24) is 19.2 Å². The molecule has 0 aromatic carbocycles. The third kappa shape index (κ3) is 1.57. The van der Waals surface area contributed by atoms with Crippen LogP contribution in [-0.2, 0) is 0 Å². The zero-order valence-corrected chi connectivity index (χ0v) is 11.2. The van der Waals surface area contributed by atoms with Gasteiger partial charge in [-0.1, -0.05) is 0 Å². The molecular weight excluding hydrogens is 248 g/mol. The average Bonchev–Trinajstić information content (AvgIpc) is 2.96. The summed E-state index contributed by atoms with van der Waals surface area (Å²) in [5, 5.41) is 6.20. The van der Waals surface area contributed by atoms with E-state index in [9.17, 15) is 4.79 Å². The van der Waals surface area contributed by atoms with Gasteiger partial charge in [-0.15, -0.1) is 11.3 Å². The minimum atomic E-state index is -0.184. The number of aromatic nitrogens is 4. The summed E-state index contributed by atoms with van der Waals surface area (Å²) in [6.45, 7) is 5.72. The summed E-state index contributed by atoms with van der Waals surface area (Å²) in [7, 11) is 0. The molecule has 18 heavy (non-hydrogen) atoms. The molecule has 0 radical (unpaired) electrons. The number of imidazole rings is 1. The van der Waals surface area contributed by atoms with E-state index >= 15 is 0 Å². The van der Waals surface area contributed by atoms with Crippen molar-refractivity contribution >= 4 is 22.2 Å². The van der Waals surface area contributed by atoms with Gasteiger partial charge in [0.25, 0.3) is 5.91 Å². The fraction of sp³-hybridized carbons (Fsp3) is 0.250. The first-order valence-corrected chi connectivity index (χ1v) is 6.45. The number of fused-ring (bicyclic) bond motifs is 1. The zero-order chi connectivity index (χ0) is 12.9. The molecule has 0 spiro atoms. The number of hydrogen-bond donors (Lipinski definition) is 0. The van der Waals surface area contributed by atoms with Crippen molar-refractivity contribution in [2.75, 3.05) is 0 Å². The molecule has 92 valence electrons. The normalized spacial score (nSPS) is 11.3. The lowest BCUT2D eigenvalue weighted by atomic mass is 10.4. The highest BCUT2D eigenvalue weighted by molar-refractivity contribution is 7.15. The van der Waals surface area contributed by atoms with Crippen LogP contribution in [0.15, 0.2) is 17.6 Å². The molecule has 0 amide bonds. The molecule has 3 heterocycles. The molecule has 6 heteroatoms. The lowest BCUT2D eigenvalue weighted by molar-refractivity contribution is 0.0938. The molecule has 0 aliphatic heterocycles. The molecule has 3 aromatic heterocycles. The second-order valence-corrected chi connectivity index (χ2v) is 5.14. The van der Waals surface area contributed by atoms with Gasteiger partial charge in [-0.3, -0.25) is 9.20 Å². The second-order valence-electron chi connectivity index (χ2n) is 4.30. The topological polar surface area (TPSA) is 52.2 Å². The van der Waals surface area contributed by atoms with Crippen LogP contribution in [0.5, 0.6) is 0 Å². The van der Waals surface area contributed by atoms with Crippen LogP contribution in [0.3, 0.4) is 0 Å². The monoisotopic (exact) mass is 260 g/mol. The number of nitrogens with zero attached hydrogens (tertiary/aromatic N) is 4. The van der Waals surface area contributed by atoms with E-state index in [0.717, 1.165) is 22.0 Å². The molecule has 0 fully saturated rings. The molecule has 0 N–H and O–H groups in total. The van der Waals surface area contributed by atoms with Crippen LogP contribution in [0.4, 0.5) is 0 Å². The molecule has 3 rings (SSSR count). The zero-order valence-electron chi connectivity index (χ0n) is 10.3. The fourth-order valence-corrected chi connectivity index (χ4v) is 2.79. The van der Waals surface area contributed by atoms with E-state index in [4.69, 9.17) is 0 Å². The molecule has 3 aromatic rings. The van der Waals surface area contributed by atoms with Crippen LogP contribution in [0.2, 0.25) is 0 Å². The van der Waals surface area contributed by atoms with Gasteiger partial charge in [0.15, 0.2) is 10.7 Å². The van der Waals surface area contributed by atoms with Gasteiger partial charge >= 0.3 is 0 Å². The summed E-state index contributed by atoms with van der Waals surface area (Å²) in [5.74, 6) is -0.184. The number of carbonyl (C=O) groups is 1. The van der Waals surface area contributed by atoms with Gasteiger partial charge in [-0.25, -0.2) is 4.98 Å². The van der Waals surface area contributed by atoms with E-state index in [1.165, 1.54) is 16.0 Å². The first-order valence-electron chi connectivity index (χ1n) is 5.57. The largest absolute Gasteiger partial charge is 0.298 e. The van der Waals surface area contributed by atoms with E-state index in [-0.39, 0.29) is 5.91 Å². The smallest absolute Gasteiger partial charge is 0.294 e. The van der Waals surface area contributed by atoms with Crippen molar-refractivity contribution in [3.8, 4) is 0 Å². The van der Waals surface area contributed by atoms with Crippen LogP contribution in [0.1, 0.15) is 27.6 Å². The van der Waals surface area contributed by atoms with Gasteiger partial charge in [0.05, 0.1) is 5.69 Å². The van der Waals surface area contributed by atoms with Crippen molar-refractivity contribution in [2.24, 2.45) is 0 Å². The predicted octanol–water partition coefficient (Wildman–Crippen LogP) is 2.21. The number of aryl methyl sites for hydroxylation is 3. The van der Waals surface area contributed by atoms with Crippen molar-refractivity contribution in [1.29, 1.82) is 0 Å². The molecule has 0 aliphatic carbocycles. The van der Waals surface area contributed by atoms with Crippen LogP contribution in [0, 0.1) is 20.8 Å². The minimum absolute atomic E-state index is 0.184. The van der Waals surface area contributed by atoms with Crippen LogP contribution in [-0.4, -0.2) is 25.1 Å². The summed E-state index contributed by atoms with van der Waals surface area (Å²) in [5.41, 5.74) is 3.16. The Labute approximate surface area is 108 Å². The van der Waals surface area contributed by atoms with E-state index in [1.807, 2.05) is 36.6 Å². The lowest BCUT2D eigenvalue weighted by Gasteiger charge is -1.98. The highest BCUT2D eigenvalue weighted by Crippen LogP contribution is 2.16. The Balaban J connectivity index is 2.09.